The van der Waals surface area contributed by atoms with Crippen LogP contribution in [0.2, 0.25) is 5.02 Å². The summed E-state index contributed by atoms with van der Waals surface area (Å²) in [5, 5.41) is -0.0134. The van der Waals surface area contributed by atoms with Crippen molar-refractivity contribution in [3.8, 4) is 11.5 Å². The molecule has 0 amide bonds. The van der Waals surface area contributed by atoms with Crippen molar-refractivity contribution in [3.63, 3.8) is 0 Å². The zero-order valence-electron chi connectivity index (χ0n) is 11.7. The summed E-state index contributed by atoms with van der Waals surface area (Å²) in [5.41, 5.74) is 7.21. The molecular formula is C16H17ClFNO. The van der Waals surface area contributed by atoms with E-state index in [1.807, 2.05) is 24.3 Å². The fourth-order valence-corrected chi connectivity index (χ4v) is 1.94. The van der Waals surface area contributed by atoms with Crippen molar-refractivity contribution in [3.05, 3.63) is 52.8 Å². The maximum absolute atomic E-state index is 13.2. The summed E-state index contributed by atoms with van der Waals surface area (Å²) in [5.74, 6) is 0.423. The average Bonchev–Trinajstić information content (AvgIpc) is 2.35. The lowest BCUT2D eigenvalue weighted by atomic mass is 9.87. The quantitative estimate of drug-likeness (QED) is 0.777. The first-order chi connectivity index (χ1) is 9.27. The highest BCUT2D eigenvalue weighted by Gasteiger charge is 2.13. The van der Waals surface area contributed by atoms with Crippen LogP contribution >= 0.6 is 11.6 Å². The van der Waals surface area contributed by atoms with Crippen molar-refractivity contribution in [2.45, 2.75) is 26.2 Å². The van der Waals surface area contributed by atoms with Crippen molar-refractivity contribution < 1.29 is 9.13 Å². The van der Waals surface area contributed by atoms with E-state index in [0.717, 1.165) is 6.07 Å². The van der Waals surface area contributed by atoms with Gasteiger partial charge < -0.3 is 10.5 Å². The first kappa shape index (κ1) is 14.7. The summed E-state index contributed by atoms with van der Waals surface area (Å²) in [6.45, 7) is 6.42. The van der Waals surface area contributed by atoms with Crippen LogP contribution in [0.4, 0.5) is 10.1 Å². The molecule has 0 aliphatic rings. The summed E-state index contributed by atoms with van der Waals surface area (Å²) in [7, 11) is 0. The third-order valence-corrected chi connectivity index (χ3v) is 3.29. The predicted octanol–water partition coefficient (Wildman–Crippen LogP) is 5.15. The number of anilines is 1. The molecule has 2 nitrogen and oxygen atoms in total. The molecular weight excluding hydrogens is 277 g/mol. The van der Waals surface area contributed by atoms with Crippen LogP contribution in [0.3, 0.4) is 0 Å². The maximum Gasteiger partial charge on any atom is 0.151 e. The Balaban J connectivity index is 2.25. The van der Waals surface area contributed by atoms with Gasteiger partial charge in [0.2, 0.25) is 0 Å². The van der Waals surface area contributed by atoms with Crippen molar-refractivity contribution in [2.24, 2.45) is 0 Å². The fraction of sp³-hybridized carbons (Fsp3) is 0.250. The Labute approximate surface area is 123 Å². The van der Waals surface area contributed by atoms with E-state index < -0.39 is 5.82 Å². The predicted molar refractivity (Wildman–Crippen MR) is 81.0 cm³/mol. The van der Waals surface area contributed by atoms with Crippen molar-refractivity contribution in [1.82, 2.24) is 0 Å². The van der Waals surface area contributed by atoms with Crippen LogP contribution in [-0.4, -0.2) is 0 Å². The SMILES string of the molecule is CC(C)(C)c1ccc(Oc2cc(Cl)c(F)cc2N)cc1. The van der Waals surface area contributed by atoms with E-state index in [1.54, 1.807) is 0 Å². The van der Waals surface area contributed by atoms with E-state index in [0.29, 0.717) is 11.5 Å². The third kappa shape index (κ3) is 3.23. The molecule has 4 heteroatoms. The molecule has 2 aromatic rings. The lowest BCUT2D eigenvalue weighted by Crippen LogP contribution is -2.10. The van der Waals surface area contributed by atoms with Gasteiger partial charge in [-0.1, -0.05) is 44.5 Å². The van der Waals surface area contributed by atoms with E-state index in [-0.39, 0.29) is 16.1 Å². The molecule has 2 rings (SSSR count). The fourth-order valence-electron chi connectivity index (χ4n) is 1.78. The highest BCUT2D eigenvalue weighted by atomic mass is 35.5. The highest BCUT2D eigenvalue weighted by Crippen LogP contribution is 2.33. The van der Waals surface area contributed by atoms with E-state index in [2.05, 4.69) is 20.8 Å². The highest BCUT2D eigenvalue weighted by molar-refractivity contribution is 6.31. The van der Waals surface area contributed by atoms with E-state index in [4.69, 9.17) is 22.1 Å². The molecule has 0 spiro atoms. The molecule has 0 bridgehead atoms. The molecule has 0 heterocycles. The van der Waals surface area contributed by atoms with E-state index in [1.165, 1.54) is 11.6 Å². The first-order valence-electron chi connectivity index (χ1n) is 6.30. The minimum absolute atomic E-state index is 0.0134. The van der Waals surface area contributed by atoms with Crippen LogP contribution in [-0.2, 0) is 5.41 Å². The number of ether oxygens (including phenoxy) is 1. The normalized spacial score (nSPS) is 11.4. The van der Waals surface area contributed by atoms with Gasteiger partial charge >= 0.3 is 0 Å². The summed E-state index contributed by atoms with van der Waals surface area (Å²) in [6.07, 6.45) is 0. The molecule has 0 radical (unpaired) electrons. The standard InChI is InChI=1S/C16H17ClFNO/c1-16(2,3)10-4-6-11(7-5-10)20-15-8-12(17)13(18)9-14(15)19/h4-9H,19H2,1-3H3. The second kappa shape index (κ2) is 5.33. The van der Waals surface area contributed by atoms with Gasteiger partial charge in [-0.05, 0) is 23.1 Å². The monoisotopic (exact) mass is 293 g/mol. The smallest absolute Gasteiger partial charge is 0.151 e. The Morgan fingerprint density at radius 1 is 1.10 bits per heavy atom. The van der Waals surface area contributed by atoms with Gasteiger partial charge in [0.25, 0.3) is 0 Å². The lowest BCUT2D eigenvalue weighted by molar-refractivity contribution is 0.482. The zero-order valence-corrected chi connectivity index (χ0v) is 12.5. The van der Waals surface area contributed by atoms with Gasteiger partial charge in [-0.15, -0.1) is 0 Å². The van der Waals surface area contributed by atoms with Crippen molar-refractivity contribution in [2.75, 3.05) is 5.73 Å². The van der Waals surface area contributed by atoms with Crippen LogP contribution < -0.4 is 10.5 Å². The Bertz CT molecular complexity index is 618. The topological polar surface area (TPSA) is 35.2 Å². The molecule has 20 heavy (non-hydrogen) atoms. The molecule has 2 N–H and O–H groups in total. The van der Waals surface area contributed by atoms with Gasteiger partial charge in [0, 0.05) is 12.1 Å². The number of nitrogen functional groups attached to an aromatic ring is 1. The number of rotatable bonds is 2. The Kier molecular flexibility index (Phi) is 3.91. The largest absolute Gasteiger partial charge is 0.455 e. The summed E-state index contributed by atoms with van der Waals surface area (Å²) < 4.78 is 18.9. The summed E-state index contributed by atoms with van der Waals surface area (Å²) in [4.78, 5) is 0. The van der Waals surface area contributed by atoms with Gasteiger partial charge in [0.15, 0.2) is 5.75 Å². The molecule has 0 atom stereocenters. The molecule has 2 aromatic carbocycles. The van der Waals surface area contributed by atoms with Gasteiger partial charge in [0.05, 0.1) is 10.7 Å². The minimum Gasteiger partial charge on any atom is -0.455 e. The molecule has 0 aliphatic heterocycles. The van der Waals surface area contributed by atoms with Gasteiger partial charge in [-0.2, -0.15) is 0 Å². The summed E-state index contributed by atoms with van der Waals surface area (Å²) in [6, 6.07) is 10.2. The van der Waals surface area contributed by atoms with Gasteiger partial charge in [0.1, 0.15) is 11.6 Å². The molecule has 0 aliphatic carbocycles. The van der Waals surface area contributed by atoms with Crippen LogP contribution in [0, 0.1) is 5.82 Å². The molecule has 0 aromatic heterocycles. The molecule has 0 saturated heterocycles. The number of hydrogen-bond donors (Lipinski definition) is 1. The van der Waals surface area contributed by atoms with Crippen molar-refractivity contribution in [1.29, 1.82) is 0 Å². The lowest BCUT2D eigenvalue weighted by Gasteiger charge is -2.19. The molecule has 0 saturated carbocycles. The number of hydrogen-bond acceptors (Lipinski definition) is 2. The van der Waals surface area contributed by atoms with Gasteiger partial charge in [-0.25, -0.2) is 4.39 Å². The van der Waals surface area contributed by atoms with E-state index in [9.17, 15) is 4.39 Å². The number of halogens is 2. The van der Waals surface area contributed by atoms with Crippen LogP contribution in [0.1, 0.15) is 26.3 Å². The van der Waals surface area contributed by atoms with Crippen LogP contribution in [0.15, 0.2) is 36.4 Å². The Morgan fingerprint density at radius 2 is 1.70 bits per heavy atom. The zero-order chi connectivity index (χ0) is 14.9. The second-order valence-electron chi connectivity index (χ2n) is 5.68. The maximum atomic E-state index is 13.2. The summed E-state index contributed by atoms with van der Waals surface area (Å²) >= 11 is 5.73. The Morgan fingerprint density at radius 3 is 2.25 bits per heavy atom. The second-order valence-corrected chi connectivity index (χ2v) is 6.09. The number of nitrogens with two attached hydrogens (primary N) is 1. The molecule has 0 fully saturated rings. The average molecular weight is 294 g/mol. The molecule has 106 valence electrons. The Hall–Kier alpha value is -1.74. The first-order valence-corrected chi connectivity index (χ1v) is 6.68. The minimum atomic E-state index is -0.556. The van der Waals surface area contributed by atoms with Gasteiger partial charge in [-0.3, -0.25) is 0 Å². The van der Waals surface area contributed by atoms with Crippen molar-refractivity contribution >= 4 is 17.3 Å². The van der Waals surface area contributed by atoms with E-state index >= 15 is 0 Å². The molecule has 0 unspecified atom stereocenters. The third-order valence-electron chi connectivity index (χ3n) is 3.00. The number of benzene rings is 2. The van der Waals surface area contributed by atoms with Crippen LogP contribution in [0.5, 0.6) is 11.5 Å². The van der Waals surface area contributed by atoms with Crippen LogP contribution in [0.25, 0.3) is 0 Å².